The Morgan fingerprint density at radius 3 is 2.40 bits per heavy atom. The molecule has 0 amide bonds. The second-order valence-corrected chi connectivity index (χ2v) is 4.08. The average molecular weight is 223 g/mol. The van der Waals surface area contributed by atoms with E-state index >= 15 is 0 Å². The van der Waals surface area contributed by atoms with E-state index in [9.17, 15) is 0 Å². The number of rotatable bonds is 2. The smallest absolute Gasteiger partial charge is 0.247 e. The first-order chi connectivity index (χ1) is 7.16. The number of aryl methyl sites for hydroxylation is 1. The Bertz CT molecular complexity index is 448. The third kappa shape index (κ3) is 2.18. The van der Waals surface area contributed by atoms with E-state index in [1.54, 1.807) is 6.92 Å². The summed E-state index contributed by atoms with van der Waals surface area (Å²) in [5, 5.41) is 7.55. The number of alkyl halides is 1. The highest BCUT2D eigenvalue weighted by molar-refractivity contribution is 6.20. The zero-order valence-electron chi connectivity index (χ0n) is 8.57. The van der Waals surface area contributed by atoms with E-state index in [0.717, 1.165) is 5.56 Å². The summed E-state index contributed by atoms with van der Waals surface area (Å²) in [6.07, 6.45) is 0. The van der Waals surface area contributed by atoms with Crippen LogP contribution >= 0.6 is 11.6 Å². The summed E-state index contributed by atoms with van der Waals surface area (Å²) < 4.78 is 5.42. The minimum Gasteiger partial charge on any atom is -0.419 e. The number of hydrogen-bond acceptors (Lipinski definition) is 3. The number of aromatic nitrogens is 2. The lowest BCUT2D eigenvalue weighted by Gasteiger charge is -1.95. The van der Waals surface area contributed by atoms with Crippen LogP contribution in [0.25, 0.3) is 11.5 Å². The van der Waals surface area contributed by atoms with Crippen LogP contribution < -0.4 is 0 Å². The van der Waals surface area contributed by atoms with Gasteiger partial charge in [-0.05, 0) is 26.0 Å². The molecular formula is C11H11ClN2O. The van der Waals surface area contributed by atoms with Crippen LogP contribution in [0.15, 0.2) is 28.7 Å². The van der Waals surface area contributed by atoms with Crippen LogP contribution in [-0.2, 0) is 0 Å². The lowest BCUT2D eigenvalue weighted by molar-refractivity contribution is 0.507. The van der Waals surface area contributed by atoms with Crippen molar-refractivity contribution in [2.75, 3.05) is 0 Å². The van der Waals surface area contributed by atoms with Crippen molar-refractivity contribution in [2.45, 2.75) is 19.2 Å². The molecule has 2 rings (SSSR count). The molecule has 0 saturated carbocycles. The zero-order valence-corrected chi connectivity index (χ0v) is 9.32. The van der Waals surface area contributed by atoms with Gasteiger partial charge in [0.05, 0.1) is 0 Å². The van der Waals surface area contributed by atoms with Crippen LogP contribution in [0.5, 0.6) is 0 Å². The van der Waals surface area contributed by atoms with Gasteiger partial charge in [0.15, 0.2) is 0 Å². The first kappa shape index (κ1) is 10.2. The van der Waals surface area contributed by atoms with Gasteiger partial charge < -0.3 is 4.42 Å². The van der Waals surface area contributed by atoms with Crippen molar-refractivity contribution < 1.29 is 4.42 Å². The van der Waals surface area contributed by atoms with Crippen LogP contribution in [-0.4, -0.2) is 10.2 Å². The zero-order chi connectivity index (χ0) is 10.8. The van der Waals surface area contributed by atoms with Gasteiger partial charge in [-0.1, -0.05) is 17.7 Å². The summed E-state index contributed by atoms with van der Waals surface area (Å²) in [4.78, 5) is 0. The van der Waals surface area contributed by atoms with Crippen LogP contribution in [0.2, 0.25) is 0 Å². The molecule has 0 aliphatic rings. The summed E-state index contributed by atoms with van der Waals surface area (Å²) in [6.45, 7) is 3.83. The molecule has 0 bridgehead atoms. The average Bonchev–Trinajstić information content (AvgIpc) is 2.68. The fraction of sp³-hybridized carbons (Fsp3) is 0.273. The number of hydrogen-bond donors (Lipinski definition) is 0. The van der Waals surface area contributed by atoms with Gasteiger partial charge in [0, 0.05) is 5.56 Å². The summed E-state index contributed by atoms with van der Waals surface area (Å²) in [5.41, 5.74) is 2.11. The lowest BCUT2D eigenvalue weighted by atomic mass is 10.1. The van der Waals surface area contributed by atoms with Gasteiger partial charge >= 0.3 is 0 Å². The molecule has 78 valence electrons. The first-order valence-electron chi connectivity index (χ1n) is 4.71. The van der Waals surface area contributed by atoms with Gasteiger partial charge in [-0.25, -0.2) is 0 Å². The van der Waals surface area contributed by atoms with E-state index < -0.39 is 0 Å². The Morgan fingerprint density at radius 2 is 1.87 bits per heavy atom. The SMILES string of the molecule is Cc1ccc(-c2nnc([C@@H](C)Cl)o2)cc1. The van der Waals surface area contributed by atoms with Gasteiger partial charge in [-0.3, -0.25) is 0 Å². The quantitative estimate of drug-likeness (QED) is 0.732. The van der Waals surface area contributed by atoms with Gasteiger partial charge in [0.2, 0.25) is 11.8 Å². The van der Waals surface area contributed by atoms with Crippen molar-refractivity contribution >= 4 is 11.6 Å². The van der Waals surface area contributed by atoms with Crippen LogP contribution in [0.1, 0.15) is 23.8 Å². The van der Waals surface area contributed by atoms with E-state index in [-0.39, 0.29) is 5.38 Å². The molecular weight excluding hydrogens is 212 g/mol. The first-order valence-corrected chi connectivity index (χ1v) is 5.15. The Hall–Kier alpha value is -1.35. The molecule has 0 N–H and O–H groups in total. The molecule has 0 aliphatic heterocycles. The highest BCUT2D eigenvalue weighted by Gasteiger charge is 2.11. The third-order valence-electron chi connectivity index (χ3n) is 2.08. The Labute approximate surface area is 93.1 Å². The lowest BCUT2D eigenvalue weighted by Crippen LogP contribution is -1.81. The molecule has 3 nitrogen and oxygen atoms in total. The molecule has 0 radical (unpaired) electrons. The monoisotopic (exact) mass is 222 g/mol. The molecule has 15 heavy (non-hydrogen) atoms. The molecule has 0 saturated heterocycles. The van der Waals surface area contributed by atoms with E-state index in [1.807, 2.05) is 31.2 Å². The van der Waals surface area contributed by atoms with Crippen molar-refractivity contribution in [3.8, 4) is 11.5 Å². The molecule has 0 fully saturated rings. The second-order valence-electron chi connectivity index (χ2n) is 3.43. The van der Waals surface area contributed by atoms with E-state index in [4.69, 9.17) is 16.0 Å². The standard InChI is InChI=1S/C11H11ClN2O/c1-7-3-5-9(6-4-7)11-14-13-10(15-11)8(2)12/h3-6,8H,1-2H3/t8-/m1/s1. The number of nitrogens with zero attached hydrogens (tertiary/aromatic N) is 2. The van der Waals surface area contributed by atoms with E-state index in [2.05, 4.69) is 10.2 Å². The molecule has 0 aliphatic carbocycles. The third-order valence-corrected chi connectivity index (χ3v) is 2.27. The van der Waals surface area contributed by atoms with Gasteiger partial charge in [-0.15, -0.1) is 21.8 Å². The maximum absolute atomic E-state index is 5.83. The molecule has 1 heterocycles. The summed E-state index contributed by atoms with van der Waals surface area (Å²) in [7, 11) is 0. The maximum atomic E-state index is 5.83. The Balaban J connectivity index is 2.33. The summed E-state index contributed by atoms with van der Waals surface area (Å²) in [5.74, 6) is 0.963. The predicted octanol–water partition coefficient (Wildman–Crippen LogP) is 3.34. The van der Waals surface area contributed by atoms with Gasteiger partial charge in [0.1, 0.15) is 5.38 Å². The Morgan fingerprint density at radius 1 is 1.20 bits per heavy atom. The van der Waals surface area contributed by atoms with Crippen molar-refractivity contribution in [3.05, 3.63) is 35.7 Å². The molecule has 1 aromatic heterocycles. The Kier molecular flexibility index (Phi) is 2.73. The predicted molar refractivity (Wildman–Crippen MR) is 58.7 cm³/mol. The van der Waals surface area contributed by atoms with Crippen LogP contribution in [0.3, 0.4) is 0 Å². The molecule has 1 atom stereocenters. The fourth-order valence-electron chi connectivity index (χ4n) is 1.21. The molecule has 0 unspecified atom stereocenters. The summed E-state index contributed by atoms with van der Waals surface area (Å²) in [6, 6.07) is 7.91. The van der Waals surface area contributed by atoms with E-state index in [1.165, 1.54) is 5.56 Å². The molecule has 1 aromatic carbocycles. The topological polar surface area (TPSA) is 38.9 Å². The van der Waals surface area contributed by atoms with Crippen LogP contribution in [0, 0.1) is 6.92 Å². The molecule has 4 heteroatoms. The van der Waals surface area contributed by atoms with E-state index in [0.29, 0.717) is 11.8 Å². The number of benzene rings is 1. The van der Waals surface area contributed by atoms with Gasteiger partial charge in [-0.2, -0.15) is 0 Å². The highest BCUT2D eigenvalue weighted by atomic mass is 35.5. The maximum Gasteiger partial charge on any atom is 0.247 e. The van der Waals surface area contributed by atoms with Crippen molar-refractivity contribution in [1.82, 2.24) is 10.2 Å². The molecule has 2 aromatic rings. The van der Waals surface area contributed by atoms with Gasteiger partial charge in [0.25, 0.3) is 0 Å². The van der Waals surface area contributed by atoms with Crippen molar-refractivity contribution in [3.63, 3.8) is 0 Å². The highest BCUT2D eigenvalue weighted by Crippen LogP contribution is 2.23. The fourth-order valence-corrected chi connectivity index (χ4v) is 1.30. The minimum atomic E-state index is -0.253. The van der Waals surface area contributed by atoms with Crippen molar-refractivity contribution in [2.24, 2.45) is 0 Å². The van der Waals surface area contributed by atoms with Crippen LogP contribution in [0.4, 0.5) is 0 Å². The summed E-state index contributed by atoms with van der Waals surface area (Å²) >= 11 is 5.83. The van der Waals surface area contributed by atoms with Crippen molar-refractivity contribution in [1.29, 1.82) is 0 Å². The molecule has 0 spiro atoms. The normalized spacial score (nSPS) is 12.7. The largest absolute Gasteiger partial charge is 0.419 e. The second kappa shape index (κ2) is 4.03. The number of halogens is 1. The minimum absolute atomic E-state index is 0.253.